The number of nitrogens with zero attached hydrogens (tertiary/aromatic N) is 2. The Morgan fingerprint density at radius 2 is 1.80 bits per heavy atom. The van der Waals surface area contributed by atoms with E-state index in [-0.39, 0.29) is 12.2 Å². The first-order chi connectivity index (χ1) is 6.97. The molecule has 1 aromatic rings. The zero-order chi connectivity index (χ0) is 11.9. The minimum atomic E-state index is -4.01. The lowest BCUT2D eigenvalue weighted by molar-refractivity contribution is 0.482. The highest BCUT2D eigenvalue weighted by molar-refractivity contribution is 7.85. The third kappa shape index (κ3) is 6.92. The maximum atomic E-state index is 12.3. The van der Waals surface area contributed by atoms with Crippen LogP contribution in [0.15, 0.2) is 12.4 Å². The van der Waals surface area contributed by atoms with Gasteiger partial charge in [-0.05, 0) is 0 Å². The van der Waals surface area contributed by atoms with Gasteiger partial charge < -0.3 is 0 Å². The van der Waals surface area contributed by atoms with Crippen LogP contribution >= 0.6 is 0 Å². The summed E-state index contributed by atoms with van der Waals surface area (Å²) in [6.45, 7) is 4.00. The Labute approximate surface area is 88.1 Å². The highest BCUT2D eigenvalue weighted by atomic mass is 32.2. The van der Waals surface area contributed by atoms with Crippen LogP contribution < -0.4 is 0 Å². The molecule has 1 aromatic heterocycles. The smallest absolute Gasteiger partial charge is 0.265 e. The van der Waals surface area contributed by atoms with Crippen LogP contribution in [0.4, 0.5) is 4.39 Å². The van der Waals surface area contributed by atoms with E-state index in [1.54, 1.807) is 0 Å². The predicted molar refractivity (Wildman–Crippen MR) is 53.5 cm³/mol. The molecule has 0 unspecified atom stereocenters. The fraction of sp³-hybridized carbons (Fsp3) is 0.500. The van der Waals surface area contributed by atoms with Crippen molar-refractivity contribution in [3.05, 3.63) is 24.0 Å². The van der Waals surface area contributed by atoms with Crippen LogP contribution in [-0.2, 0) is 16.5 Å². The quantitative estimate of drug-likeness (QED) is 0.794. The van der Waals surface area contributed by atoms with Crippen LogP contribution in [-0.4, -0.2) is 28.7 Å². The minimum Gasteiger partial charge on any atom is -0.286 e. The van der Waals surface area contributed by atoms with Crippen molar-refractivity contribution in [1.29, 1.82) is 0 Å². The monoisotopic (exact) mass is 236 g/mol. The van der Waals surface area contributed by atoms with Crippen LogP contribution in [0.1, 0.15) is 19.7 Å². The molecule has 0 saturated carbocycles. The number of aromatic nitrogens is 2. The summed E-state index contributed by atoms with van der Waals surface area (Å²) in [4.78, 5) is 7.04. The highest BCUT2D eigenvalue weighted by Crippen LogP contribution is 1.96. The zero-order valence-corrected chi connectivity index (χ0v) is 9.33. The fourth-order valence-electron chi connectivity index (χ4n) is 0.688. The number of hydrogen-bond acceptors (Lipinski definition) is 4. The van der Waals surface area contributed by atoms with Crippen LogP contribution in [0, 0.1) is 5.82 Å². The largest absolute Gasteiger partial charge is 0.286 e. The van der Waals surface area contributed by atoms with Crippen LogP contribution in [0.3, 0.4) is 0 Å². The van der Waals surface area contributed by atoms with Gasteiger partial charge in [-0.3, -0.25) is 4.55 Å². The molecule has 0 bridgehead atoms. The van der Waals surface area contributed by atoms with Crippen molar-refractivity contribution in [3.63, 3.8) is 0 Å². The maximum Gasteiger partial charge on any atom is 0.265 e. The number of rotatable bonds is 3. The molecule has 1 rings (SSSR count). The van der Waals surface area contributed by atoms with E-state index in [9.17, 15) is 12.8 Å². The predicted octanol–water partition coefficient (Wildman–Crippen LogP) is 1.07. The van der Waals surface area contributed by atoms with Gasteiger partial charge in [-0.15, -0.1) is 0 Å². The summed E-state index contributed by atoms with van der Waals surface area (Å²) in [5, 5.41) is 0. The van der Waals surface area contributed by atoms with Crippen molar-refractivity contribution in [1.82, 2.24) is 9.97 Å². The first kappa shape index (κ1) is 13.9. The maximum absolute atomic E-state index is 12.3. The average Bonchev–Trinajstić information content (AvgIpc) is 2.19. The lowest BCUT2D eigenvalue weighted by Crippen LogP contribution is -2.08. The molecular formula is C8H13FN2O3S. The molecule has 0 aliphatic heterocycles. The Morgan fingerprint density at radius 3 is 2.20 bits per heavy atom. The van der Waals surface area contributed by atoms with Gasteiger partial charge in [0.15, 0.2) is 5.82 Å². The molecule has 15 heavy (non-hydrogen) atoms. The molecule has 0 radical (unpaired) electrons. The lowest BCUT2D eigenvalue weighted by atomic mass is 10.4. The standard InChI is InChI=1S/C6H7FN2O3S.C2H6/c7-5-3-8-6(9-4-5)1-2-13(10,11)12;1-2/h3-4H,1-2H2,(H,10,11,12);1-2H3. The van der Waals surface area contributed by atoms with Gasteiger partial charge in [0.2, 0.25) is 0 Å². The Morgan fingerprint density at radius 1 is 1.33 bits per heavy atom. The number of hydrogen-bond donors (Lipinski definition) is 1. The van der Waals surface area contributed by atoms with Gasteiger partial charge in [0.05, 0.1) is 18.1 Å². The second kappa shape index (κ2) is 6.41. The van der Waals surface area contributed by atoms with Gasteiger partial charge in [0, 0.05) is 6.42 Å². The molecule has 1 heterocycles. The second-order valence-electron chi connectivity index (χ2n) is 2.35. The molecule has 1 N–H and O–H groups in total. The Kier molecular flexibility index (Phi) is 5.95. The third-order valence-electron chi connectivity index (χ3n) is 1.26. The van der Waals surface area contributed by atoms with E-state index in [0.29, 0.717) is 0 Å². The summed E-state index contributed by atoms with van der Waals surface area (Å²) in [5.41, 5.74) is 0. The summed E-state index contributed by atoms with van der Waals surface area (Å²) >= 11 is 0. The SMILES string of the molecule is CC.O=S(=O)(O)CCc1ncc(F)cn1. The van der Waals surface area contributed by atoms with E-state index in [0.717, 1.165) is 12.4 Å². The third-order valence-corrected chi connectivity index (χ3v) is 1.98. The Hall–Kier alpha value is -1.08. The highest BCUT2D eigenvalue weighted by Gasteiger charge is 2.06. The minimum absolute atomic E-state index is 0.0287. The molecule has 5 nitrogen and oxygen atoms in total. The average molecular weight is 236 g/mol. The van der Waals surface area contributed by atoms with Gasteiger partial charge >= 0.3 is 0 Å². The molecular weight excluding hydrogens is 223 g/mol. The molecule has 0 aromatic carbocycles. The van der Waals surface area contributed by atoms with E-state index in [4.69, 9.17) is 4.55 Å². The van der Waals surface area contributed by atoms with Gasteiger partial charge in [-0.1, -0.05) is 13.8 Å². The van der Waals surface area contributed by atoms with Crippen molar-refractivity contribution in [3.8, 4) is 0 Å². The lowest BCUT2D eigenvalue weighted by Gasteiger charge is -1.96. The normalized spacial score (nSPS) is 10.4. The molecule has 0 saturated heterocycles. The van der Waals surface area contributed by atoms with Crippen molar-refractivity contribution in [2.45, 2.75) is 20.3 Å². The number of aryl methyl sites for hydroxylation is 1. The summed E-state index contributed by atoms with van der Waals surface area (Å²) in [7, 11) is -4.01. The van der Waals surface area contributed by atoms with Gasteiger partial charge in [-0.25, -0.2) is 14.4 Å². The summed E-state index contributed by atoms with van der Waals surface area (Å²) < 4.78 is 41.2. The summed E-state index contributed by atoms with van der Waals surface area (Å²) in [6, 6.07) is 0. The van der Waals surface area contributed by atoms with E-state index >= 15 is 0 Å². The topological polar surface area (TPSA) is 80.2 Å². The van der Waals surface area contributed by atoms with Crippen LogP contribution in [0.5, 0.6) is 0 Å². The zero-order valence-electron chi connectivity index (χ0n) is 8.51. The molecule has 86 valence electrons. The Balaban J connectivity index is 0.000000921. The van der Waals surface area contributed by atoms with Crippen molar-refractivity contribution < 1.29 is 17.4 Å². The first-order valence-electron chi connectivity index (χ1n) is 4.39. The van der Waals surface area contributed by atoms with Gasteiger partial charge in [-0.2, -0.15) is 8.42 Å². The molecule has 0 spiro atoms. The van der Waals surface area contributed by atoms with Crippen LogP contribution in [0.25, 0.3) is 0 Å². The van der Waals surface area contributed by atoms with Crippen molar-refractivity contribution >= 4 is 10.1 Å². The molecule has 0 atom stereocenters. The molecule has 0 aliphatic rings. The summed E-state index contributed by atoms with van der Waals surface area (Å²) in [6.07, 6.45) is 1.85. The molecule has 0 amide bonds. The van der Waals surface area contributed by atoms with E-state index in [1.165, 1.54) is 0 Å². The Bertz CT molecular complexity index is 377. The van der Waals surface area contributed by atoms with Gasteiger partial charge in [0.1, 0.15) is 5.82 Å². The van der Waals surface area contributed by atoms with E-state index in [1.807, 2.05) is 13.8 Å². The number of halogens is 1. The fourth-order valence-corrected chi connectivity index (χ4v) is 1.13. The molecule has 7 heteroatoms. The first-order valence-corrected chi connectivity index (χ1v) is 6.00. The molecule has 0 aliphatic carbocycles. The second-order valence-corrected chi connectivity index (χ2v) is 3.93. The van der Waals surface area contributed by atoms with E-state index in [2.05, 4.69) is 9.97 Å². The van der Waals surface area contributed by atoms with E-state index < -0.39 is 21.7 Å². The van der Waals surface area contributed by atoms with Gasteiger partial charge in [0.25, 0.3) is 10.1 Å². The van der Waals surface area contributed by atoms with Crippen molar-refractivity contribution in [2.75, 3.05) is 5.75 Å². The van der Waals surface area contributed by atoms with Crippen LogP contribution in [0.2, 0.25) is 0 Å². The molecule has 0 fully saturated rings. The summed E-state index contributed by atoms with van der Waals surface area (Å²) in [5.74, 6) is -0.867. The van der Waals surface area contributed by atoms with Crippen molar-refractivity contribution in [2.24, 2.45) is 0 Å².